The minimum absolute atomic E-state index is 0.0235. The largest absolute Gasteiger partial charge is 0.493 e. The maximum atomic E-state index is 14.7. The van der Waals surface area contributed by atoms with Crippen molar-refractivity contribution in [1.82, 2.24) is 35.4 Å². The van der Waals surface area contributed by atoms with Crippen molar-refractivity contribution in [1.29, 1.82) is 0 Å². The molecular weight excluding hydrogens is 1110 g/mol. The smallest absolute Gasteiger partial charge is 0.355 e. The zero-order valence-electron chi connectivity index (χ0n) is 47.4. The summed E-state index contributed by atoms with van der Waals surface area (Å²) in [5.41, 5.74) is 5.04. The Labute approximate surface area is 489 Å². The van der Waals surface area contributed by atoms with Gasteiger partial charge in [0.1, 0.15) is 17.8 Å². The number of aromatic nitrogens is 3. The third-order valence-corrected chi connectivity index (χ3v) is 18.7. The summed E-state index contributed by atoms with van der Waals surface area (Å²) in [4.78, 5) is 87.8. The first kappa shape index (κ1) is 60.2. The number of unbranched alkanes of at least 4 members (excludes halogenated alkanes) is 3. The molecule has 3 aromatic heterocycles. The highest BCUT2D eigenvalue weighted by molar-refractivity contribution is 7.22. The van der Waals surface area contributed by atoms with E-state index in [4.69, 9.17) is 9.47 Å². The van der Waals surface area contributed by atoms with E-state index in [1.807, 2.05) is 67.6 Å². The number of halogens is 1. The average molecular weight is 1180 g/mol. The topological polar surface area (TPSA) is 229 Å². The molecule has 18 nitrogen and oxygen atoms in total. The molecule has 9 rings (SSSR count). The number of amides is 4. The van der Waals surface area contributed by atoms with Crippen LogP contribution in [0.25, 0.3) is 20.7 Å². The van der Waals surface area contributed by atoms with Crippen molar-refractivity contribution in [2.24, 2.45) is 5.41 Å². The fourth-order valence-electron chi connectivity index (χ4n) is 10.6. The molecule has 3 aromatic carbocycles. The number of hydrogen-bond donors (Lipinski definition) is 5. The third-order valence-electron chi connectivity index (χ3n) is 15.6. The summed E-state index contributed by atoms with van der Waals surface area (Å²) in [6, 6.07) is 17.3. The van der Waals surface area contributed by atoms with Crippen LogP contribution in [0.1, 0.15) is 127 Å². The second kappa shape index (κ2) is 26.4. The first-order chi connectivity index (χ1) is 39.3. The number of hydrogen-bond acceptors (Lipinski definition) is 16. The monoisotopic (exact) mass is 1180 g/mol. The number of carbonyl (C=O) groups is 5. The lowest BCUT2D eigenvalue weighted by Crippen LogP contribution is -2.59. The Hall–Kier alpha value is -6.43. The number of carboxylic acid groups (broad SMARTS) is 1. The fraction of sp³-hybridized carbons (Fsp3) is 0.500. The summed E-state index contributed by atoms with van der Waals surface area (Å²) in [5, 5.41) is 30.7. The van der Waals surface area contributed by atoms with Crippen LogP contribution in [0.5, 0.6) is 5.75 Å². The van der Waals surface area contributed by atoms with Crippen molar-refractivity contribution < 1.29 is 48.0 Å². The van der Waals surface area contributed by atoms with Gasteiger partial charge in [0.2, 0.25) is 11.8 Å². The second-order valence-corrected chi connectivity index (χ2v) is 25.8. The van der Waals surface area contributed by atoms with Crippen LogP contribution in [0, 0.1) is 12.3 Å². The van der Waals surface area contributed by atoms with Crippen molar-refractivity contribution >= 4 is 84.1 Å². The van der Waals surface area contributed by atoms with Crippen LogP contribution < -0.4 is 25.6 Å². The first-order valence-corrected chi connectivity index (χ1v) is 30.7. The molecule has 6 aromatic rings. The van der Waals surface area contributed by atoms with E-state index >= 15 is 0 Å². The van der Waals surface area contributed by atoms with Crippen LogP contribution in [0.3, 0.4) is 0 Å². The van der Waals surface area contributed by atoms with Crippen LogP contribution in [-0.2, 0) is 45.1 Å². The van der Waals surface area contributed by atoms with E-state index in [-0.39, 0.29) is 50.1 Å². The number of alkyl halides is 1. The Morgan fingerprint density at radius 1 is 0.976 bits per heavy atom. The van der Waals surface area contributed by atoms with Crippen molar-refractivity contribution in [3.8, 4) is 16.2 Å². The molecule has 5 N–H and O–H groups in total. The normalized spacial score (nSPS) is 17.4. The van der Waals surface area contributed by atoms with Crippen LogP contribution >= 0.6 is 34.0 Å². The number of benzene rings is 3. The maximum absolute atomic E-state index is 14.7. The van der Waals surface area contributed by atoms with Crippen LogP contribution in [0.15, 0.2) is 66.2 Å². The number of aliphatic hydroxyl groups is 1. The summed E-state index contributed by atoms with van der Waals surface area (Å²) in [5.74, 6) is -2.51. The molecule has 438 valence electrons. The molecule has 4 amide bonds. The van der Waals surface area contributed by atoms with Crippen molar-refractivity contribution in [2.75, 3.05) is 57.2 Å². The zero-order chi connectivity index (χ0) is 58.3. The molecule has 0 radical (unpaired) electrons. The minimum Gasteiger partial charge on any atom is -0.493 e. The average Bonchev–Trinajstić information content (AvgIpc) is 4.01. The van der Waals surface area contributed by atoms with Gasteiger partial charge in [-0.2, -0.15) is 0 Å². The van der Waals surface area contributed by atoms with Crippen LogP contribution in [0.4, 0.5) is 14.7 Å². The number of β-amino-alcohol motifs (C(OH)–C–C–N with tert-alkyl or cyclic N) is 1. The minimum atomic E-state index is -1.98. The third kappa shape index (κ3) is 14.7. The van der Waals surface area contributed by atoms with Crippen molar-refractivity contribution in [3.63, 3.8) is 0 Å². The molecule has 5 heterocycles. The van der Waals surface area contributed by atoms with Crippen LogP contribution in [-0.4, -0.2) is 141 Å². The number of ether oxygens (including phenoxy) is 2. The number of likely N-dealkylation sites (tertiary alicyclic amines) is 1. The van der Waals surface area contributed by atoms with Gasteiger partial charge < -0.3 is 45.0 Å². The van der Waals surface area contributed by atoms with Gasteiger partial charge in [-0.15, -0.1) is 22.7 Å². The molecule has 1 unspecified atom stereocenters. The number of aryl methyl sites for hydroxylation is 2. The number of rotatable bonds is 26. The first-order valence-electron chi connectivity index (χ1n) is 28.2. The van der Waals surface area contributed by atoms with E-state index in [1.165, 1.54) is 38.9 Å². The van der Waals surface area contributed by atoms with Gasteiger partial charge in [0.25, 0.3) is 11.8 Å². The highest BCUT2D eigenvalue weighted by Crippen LogP contribution is 2.41. The molecule has 1 saturated heterocycles. The maximum Gasteiger partial charge on any atom is 0.355 e. The Kier molecular flexibility index (Phi) is 19.4. The number of aliphatic hydroxyl groups excluding tert-OH is 1. The molecule has 0 bridgehead atoms. The molecule has 1 aliphatic carbocycles. The van der Waals surface area contributed by atoms with Gasteiger partial charge in [-0.3, -0.25) is 24.5 Å². The van der Waals surface area contributed by atoms with Crippen molar-refractivity contribution in [2.45, 2.75) is 141 Å². The van der Waals surface area contributed by atoms with Gasteiger partial charge in [-0.1, -0.05) is 81.3 Å². The molecule has 2 aliphatic heterocycles. The fourth-order valence-corrected chi connectivity index (χ4v) is 13.4. The van der Waals surface area contributed by atoms with Gasteiger partial charge in [0.15, 0.2) is 21.6 Å². The SMILES string of the molecule is COC(CCc1sc(N2CCc3cccc(C(=O)Nc4nc5ccccc5s4)c3C2)nc1C(=O)O)CCN(C)CCCCCCOc1cc(-c2scnc2C)ccc1CNC(=O)[C@@H]1C[C@@H](O)CN1C(=O)[C@@H](NC(=O)C1(F)CC1)C(C)(C)C. The summed E-state index contributed by atoms with van der Waals surface area (Å²) < 4.78 is 28.0. The number of carboxylic acids is 1. The molecule has 3 aliphatic rings. The molecule has 0 spiro atoms. The number of fused-ring (bicyclic) bond motifs is 2. The quantitative estimate of drug-likeness (QED) is 0.0319. The number of anilines is 2. The van der Waals surface area contributed by atoms with E-state index < -0.39 is 53.0 Å². The van der Waals surface area contributed by atoms with Gasteiger partial charge in [-0.25, -0.2) is 24.1 Å². The number of nitrogens with zero attached hydrogens (tertiary/aromatic N) is 6. The van der Waals surface area contributed by atoms with E-state index in [9.17, 15) is 38.6 Å². The molecule has 22 heteroatoms. The Morgan fingerprint density at radius 2 is 1.77 bits per heavy atom. The molecule has 1 saturated carbocycles. The molecular formula is C60H74FN9O9S3. The molecule has 82 heavy (non-hydrogen) atoms. The van der Waals surface area contributed by atoms with Gasteiger partial charge in [0.05, 0.1) is 45.1 Å². The number of thiazole rings is 3. The van der Waals surface area contributed by atoms with E-state index in [0.29, 0.717) is 65.4 Å². The lowest BCUT2D eigenvalue weighted by atomic mass is 9.85. The lowest BCUT2D eigenvalue weighted by molar-refractivity contribution is -0.145. The van der Waals surface area contributed by atoms with Gasteiger partial charge >= 0.3 is 5.97 Å². The number of methoxy groups -OCH3 is 1. The van der Waals surface area contributed by atoms with E-state index in [2.05, 4.69) is 47.7 Å². The Morgan fingerprint density at radius 3 is 2.50 bits per heavy atom. The van der Waals surface area contributed by atoms with Crippen LogP contribution in [0.2, 0.25) is 0 Å². The predicted molar refractivity (Wildman–Crippen MR) is 318 cm³/mol. The lowest BCUT2D eigenvalue weighted by Gasteiger charge is -2.35. The number of para-hydroxylation sites is 1. The highest BCUT2D eigenvalue weighted by Gasteiger charge is 2.53. The highest BCUT2D eigenvalue weighted by atomic mass is 32.1. The number of aromatic carboxylic acids is 1. The predicted octanol–water partition coefficient (Wildman–Crippen LogP) is 9.22. The standard InChI is InChI=1S/C60H74FN9O9S3/c1-36-50(80-35-63-36)38-18-19-39(32-62-53(73)45-31-40(71)33-70(45)54(74)51(59(2,3)4)66-56(77)60(61)24-25-60)46(30-38)79-29-12-8-7-11-26-68(5)27-23-41(78-6)20-21-48-49(55(75)76)65-58(82-48)69-28-22-37-14-13-15-42(43(37)34-69)52(72)67-57-64-44-16-9-10-17-47(44)81-57/h9-10,13-19,30,35,40-41,45,51,71H,7-8,11-12,20-29,31-34H2,1-6H3,(H,62,73)(H,66,77)(H,75,76)(H,64,67,72)/t40-,41?,45+,51-/m1/s1. The van der Waals surface area contributed by atoms with Crippen molar-refractivity contribution in [3.05, 3.63) is 105 Å². The van der Waals surface area contributed by atoms with Gasteiger partial charge in [0, 0.05) is 62.3 Å². The van der Waals surface area contributed by atoms with E-state index in [0.717, 1.165) is 88.2 Å². The number of nitrogens with one attached hydrogen (secondary N) is 3. The zero-order valence-corrected chi connectivity index (χ0v) is 49.9. The molecule has 2 fully saturated rings. The number of carbonyl (C=O) groups excluding carboxylic acids is 4. The van der Waals surface area contributed by atoms with Gasteiger partial charge in [-0.05, 0) is 118 Å². The Bertz CT molecular complexity index is 3230. The summed E-state index contributed by atoms with van der Waals surface area (Å²) in [7, 11) is 3.80. The second-order valence-electron chi connectivity index (χ2n) is 22.8. The Balaban J connectivity index is 0.722. The summed E-state index contributed by atoms with van der Waals surface area (Å²) in [6.45, 7) is 10.5. The summed E-state index contributed by atoms with van der Waals surface area (Å²) >= 11 is 4.35. The van der Waals surface area contributed by atoms with E-state index in [1.54, 1.807) is 33.4 Å². The summed E-state index contributed by atoms with van der Waals surface area (Å²) in [6.07, 6.45) is 5.55. The molecule has 4 atom stereocenters.